The summed E-state index contributed by atoms with van der Waals surface area (Å²) in [6, 6.07) is 0. The number of rotatable bonds is 5. The largest absolute Gasteiger partial charge is 0.414 e. The zero-order chi connectivity index (χ0) is 8.85. The van der Waals surface area contributed by atoms with Crippen molar-refractivity contribution in [3.63, 3.8) is 0 Å². The third kappa shape index (κ3) is 6.57. The lowest BCUT2D eigenvalue weighted by Gasteiger charge is -2.19. The highest BCUT2D eigenvalue weighted by atomic mass is 28.3. The van der Waals surface area contributed by atoms with Crippen LogP contribution in [0.2, 0.25) is 13.1 Å². The van der Waals surface area contributed by atoms with Crippen molar-refractivity contribution in [1.82, 2.24) is 0 Å². The van der Waals surface area contributed by atoms with Crippen LogP contribution in [0, 0.1) is 5.92 Å². The maximum absolute atomic E-state index is 5.81. The Morgan fingerprint density at radius 3 is 2.09 bits per heavy atom. The van der Waals surface area contributed by atoms with Crippen LogP contribution in [-0.4, -0.2) is 15.1 Å². The fourth-order valence-corrected chi connectivity index (χ4v) is 2.09. The van der Waals surface area contributed by atoms with Crippen LogP contribution in [0.5, 0.6) is 0 Å². The normalized spacial score (nSPS) is 14.5. The molecule has 0 N–H and O–H groups in total. The molecule has 0 aliphatic heterocycles. The molecule has 0 aromatic carbocycles. The van der Waals surface area contributed by atoms with Crippen molar-refractivity contribution in [3.8, 4) is 0 Å². The molecule has 0 aromatic rings. The molecule has 1 unspecified atom stereocenters. The van der Waals surface area contributed by atoms with E-state index in [2.05, 4.69) is 33.9 Å². The van der Waals surface area contributed by atoms with Crippen molar-refractivity contribution >= 4 is 9.04 Å². The topological polar surface area (TPSA) is 9.23 Å². The van der Waals surface area contributed by atoms with Gasteiger partial charge >= 0.3 is 0 Å². The molecule has 2 heteroatoms. The molecule has 0 bridgehead atoms. The fraction of sp³-hybridized carbons (Fsp3) is 1.00. The average molecular weight is 173 g/mol. The highest BCUT2D eigenvalue weighted by Gasteiger charge is 2.10. The van der Waals surface area contributed by atoms with Crippen LogP contribution >= 0.6 is 0 Å². The molecule has 1 radical (unpaired) electrons. The Kier molecular flexibility index (Phi) is 5.87. The molecule has 0 rings (SSSR count). The molecule has 1 atom stereocenters. The Morgan fingerprint density at radius 2 is 1.82 bits per heavy atom. The third-order valence-electron chi connectivity index (χ3n) is 1.59. The lowest BCUT2D eigenvalue weighted by atomic mass is 10.0. The molecule has 0 aromatic heterocycles. The molecule has 0 saturated heterocycles. The summed E-state index contributed by atoms with van der Waals surface area (Å²) in [5, 5.41) is 0. The highest BCUT2D eigenvalue weighted by molar-refractivity contribution is 6.48. The lowest BCUT2D eigenvalue weighted by molar-refractivity contribution is 0.172. The van der Waals surface area contributed by atoms with Crippen molar-refractivity contribution in [3.05, 3.63) is 0 Å². The Labute approximate surface area is 72.9 Å². The van der Waals surface area contributed by atoms with Crippen LogP contribution in [0.25, 0.3) is 0 Å². The molecule has 11 heavy (non-hydrogen) atoms. The number of hydrogen-bond acceptors (Lipinski definition) is 1. The van der Waals surface area contributed by atoms with Crippen LogP contribution in [0.15, 0.2) is 0 Å². The first kappa shape index (κ1) is 11.2. The van der Waals surface area contributed by atoms with E-state index in [1.54, 1.807) is 0 Å². The second-order valence-electron chi connectivity index (χ2n) is 3.69. The minimum absolute atomic E-state index is 0.491. The van der Waals surface area contributed by atoms with Crippen molar-refractivity contribution < 1.29 is 4.43 Å². The van der Waals surface area contributed by atoms with E-state index in [-0.39, 0.29) is 0 Å². The van der Waals surface area contributed by atoms with Gasteiger partial charge in [-0.25, -0.2) is 0 Å². The maximum atomic E-state index is 5.81. The average Bonchev–Trinajstić information content (AvgIpc) is 1.84. The maximum Gasteiger partial charge on any atom is 0.205 e. The van der Waals surface area contributed by atoms with Gasteiger partial charge in [-0.1, -0.05) is 20.8 Å². The first-order valence-corrected chi connectivity index (χ1v) is 6.93. The third-order valence-corrected chi connectivity index (χ3v) is 2.40. The van der Waals surface area contributed by atoms with Crippen molar-refractivity contribution in [1.29, 1.82) is 0 Å². The van der Waals surface area contributed by atoms with E-state index in [0.29, 0.717) is 6.10 Å². The van der Waals surface area contributed by atoms with Crippen LogP contribution in [0.3, 0.4) is 0 Å². The van der Waals surface area contributed by atoms with Gasteiger partial charge < -0.3 is 4.43 Å². The fourth-order valence-electron chi connectivity index (χ4n) is 1.16. The Morgan fingerprint density at radius 1 is 1.27 bits per heavy atom. The summed E-state index contributed by atoms with van der Waals surface area (Å²) >= 11 is 0. The van der Waals surface area contributed by atoms with Gasteiger partial charge in [-0.2, -0.15) is 0 Å². The predicted octanol–water partition coefficient (Wildman–Crippen LogP) is 3.08. The van der Waals surface area contributed by atoms with Gasteiger partial charge in [0.05, 0.1) is 0 Å². The standard InChI is InChI=1S/C9H21OSi/c1-6-9(7-8(2)3)10-11(4)5/h8-9H,6-7H2,1-5H3. The second kappa shape index (κ2) is 5.78. The van der Waals surface area contributed by atoms with Gasteiger partial charge in [0.25, 0.3) is 0 Å². The van der Waals surface area contributed by atoms with Gasteiger partial charge in [-0.15, -0.1) is 0 Å². The van der Waals surface area contributed by atoms with Crippen molar-refractivity contribution in [2.75, 3.05) is 0 Å². The quantitative estimate of drug-likeness (QED) is 0.581. The lowest BCUT2D eigenvalue weighted by Crippen LogP contribution is -2.21. The molecular formula is C9H21OSi. The van der Waals surface area contributed by atoms with E-state index >= 15 is 0 Å². The van der Waals surface area contributed by atoms with Crippen LogP contribution in [0.1, 0.15) is 33.6 Å². The van der Waals surface area contributed by atoms with Gasteiger partial charge in [-0.05, 0) is 31.9 Å². The van der Waals surface area contributed by atoms with E-state index < -0.39 is 9.04 Å². The molecule has 0 fully saturated rings. The van der Waals surface area contributed by atoms with Crippen LogP contribution in [0.4, 0.5) is 0 Å². The van der Waals surface area contributed by atoms with Gasteiger partial charge in [-0.3, -0.25) is 0 Å². The molecule has 67 valence electrons. The summed E-state index contributed by atoms with van der Waals surface area (Å²) in [4.78, 5) is 0. The number of hydrogen-bond donors (Lipinski definition) is 0. The zero-order valence-corrected chi connectivity index (χ0v) is 9.48. The smallest absolute Gasteiger partial charge is 0.205 e. The van der Waals surface area contributed by atoms with E-state index in [4.69, 9.17) is 4.43 Å². The summed E-state index contributed by atoms with van der Waals surface area (Å²) in [5.74, 6) is 0.765. The first-order valence-electron chi connectivity index (χ1n) is 4.53. The van der Waals surface area contributed by atoms with Gasteiger partial charge in [0.2, 0.25) is 9.04 Å². The predicted molar refractivity (Wildman–Crippen MR) is 52.1 cm³/mol. The molecule has 0 aliphatic carbocycles. The van der Waals surface area contributed by atoms with Crippen molar-refractivity contribution in [2.24, 2.45) is 5.92 Å². The molecular weight excluding hydrogens is 152 g/mol. The summed E-state index contributed by atoms with van der Waals surface area (Å²) in [5.41, 5.74) is 0. The van der Waals surface area contributed by atoms with Crippen molar-refractivity contribution in [2.45, 2.75) is 52.8 Å². The monoisotopic (exact) mass is 173 g/mol. The Balaban J connectivity index is 3.58. The second-order valence-corrected chi connectivity index (χ2v) is 5.74. The summed E-state index contributed by atoms with van der Waals surface area (Å²) in [7, 11) is -0.491. The summed E-state index contributed by atoms with van der Waals surface area (Å²) in [6.07, 6.45) is 2.89. The summed E-state index contributed by atoms with van der Waals surface area (Å²) in [6.45, 7) is 11.1. The minimum Gasteiger partial charge on any atom is -0.414 e. The van der Waals surface area contributed by atoms with E-state index in [0.717, 1.165) is 12.3 Å². The molecule has 0 aliphatic rings. The summed E-state index contributed by atoms with van der Waals surface area (Å²) < 4.78 is 5.81. The SMILES string of the molecule is CCC(CC(C)C)O[Si](C)C. The van der Waals surface area contributed by atoms with Crippen LogP contribution in [-0.2, 0) is 4.43 Å². The zero-order valence-electron chi connectivity index (χ0n) is 8.48. The molecule has 0 spiro atoms. The highest BCUT2D eigenvalue weighted by Crippen LogP contribution is 2.12. The molecule has 0 saturated carbocycles. The van der Waals surface area contributed by atoms with Gasteiger partial charge in [0, 0.05) is 6.10 Å². The van der Waals surface area contributed by atoms with E-state index in [1.165, 1.54) is 6.42 Å². The first-order chi connectivity index (χ1) is 5.06. The molecule has 0 heterocycles. The van der Waals surface area contributed by atoms with E-state index in [1.807, 2.05) is 0 Å². The van der Waals surface area contributed by atoms with Gasteiger partial charge in [0.15, 0.2) is 0 Å². The van der Waals surface area contributed by atoms with Gasteiger partial charge in [0.1, 0.15) is 0 Å². The molecule has 0 amide bonds. The Hall–Kier alpha value is 0.177. The van der Waals surface area contributed by atoms with E-state index in [9.17, 15) is 0 Å². The Bertz CT molecular complexity index is 81.6. The van der Waals surface area contributed by atoms with Crippen LogP contribution < -0.4 is 0 Å². The minimum atomic E-state index is -0.491. The molecule has 1 nitrogen and oxygen atoms in total.